The molecule has 1 aromatic carbocycles. The number of nitrogens with one attached hydrogen (secondary N) is 1. The highest BCUT2D eigenvalue weighted by Gasteiger charge is 2.24. The largest absolute Gasteiger partial charge is 0.372 e. The van der Waals surface area contributed by atoms with Crippen LogP contribution in [0.2, 0.25) is 0 Å². The summed E-state index contributed by atoms with van der Waals surface area (Å²) in [7, 11) is 0. The smallest absolute Gasteiger partial charge is 0.326 e. The van der Waals surface area contributed by atoms with Crippen LogP contribution in [0.5, 0.6) is 0 Å². The number of aromatic amines is 1. The number of imidazole rings is 1. The van der Waals surface area contributed by atoms with Crippen LogP contribution in [-0.4, -0.2) is 50.0 Å². The topological polar surface area (TPSA) is 92.5 Å². The molecule has 196 valence electrons. The summed E-state index contributed by atoms with van der Waals surface area (Å²) in [5, 5.41) is 2.10. The van der Waals surface area contributed by atoms with Gasteiger partial charge in [-0.15, -0.1) is 0 Å². The molecule has 1 N–H and O–H groups in total. The SMILES string of the molecule is C=C(/C=C(\N=CC)C(=O)c1cn(C(C)=O)c2ccccc12)N1CCC(n2c(=O)[nH]c(=C)/c2=C\C=C/C)CC1. The Balaban J connectivity index is 1.57. The summed E-state index contributed by atoms with van der Waals surface area (Å²) in [6, 6.07) is 7.36. The Bertz CT molecular complexity index is 1650. The summed E-state index contributed by atoms with van der Waals surface area (Å²) in [5.74, 6) is -0.447. The number of hydrogen-bond acceptors (Lipinski definition) is 5. The first kappa shape index (κ1) is 26.6. The number of para-hydroxylation sites is 1. The zero-order valence-electron chi connectivity index (χ0n) is 22.1. The summed E-state index contributed by atoms with van der Waals surface area (Å²) < 4.78 is 3.27. The Morgan fingerprint density at radius 2 is 1.87 bits per heavy atom. The van der Waals surface area contributed by atoms with Crippen LogP contribution < -0.4 is 16.4 Å². The van der Waals surface area contributed by atoms with E-state index in [1.165, 1.54) is 11.5 Å². The van der Waals surface area contributed by atoms with Crippen LogP contribution in [0.3, 0.4) is 0 Å². The molecule has 0 amide bonds. The minimum absolute atomic E-state index is 0.0336. The van der Waals surface area contributed by atoms with Gasteiger partial charge in [0, 0.05) is 49.5 Å². The van der Waals surface area contributed by atoms with Crippen molar-refractivity contribution in [3.05, 3.63) is 93.4 Å². The number of fused-ring (bicyclic) bond motifs is 1. The van der Waals surface area contributed by atoms with Gasteiger partial charge in [0.15, 0.2) is 0 Å². The second kappa shape index (κ2) is 11.3. The molecule has 0 spiro atoms. The van der Waals surface area contributed by atoms with Crippen LogP contribution in [0, 0.1) is 0 Å². The van der Waals surface area contributed by atoms with Crippen molar-refractivity contribution in [3.8, 4) is 0 Å². The lowest BCUT2D eigenvalue weighted by Crippen LogP contribution is -2.41. The molecule has 8 heteroatoms. The van der Waals surface area contributed by atoms with Gasteiger partial charge >= 0.3 is 5.69 Å². The fourth-order valence-corrected chi connectivity index (χ4v) is 4.96. The van der Waals surface area contributed by atoms with E-state index < -0.39 is 0 Å². The van der Waals surface area contributed by atoms with Crippen molar-refractivity contribution in [1.82, 2.24) is 19.0 Å². The maximum absolute atomic E-state index is 13.6. The van der Waals surface area contributed by atoms with Crippen LogP contribution >= 0.6 is 0 Å². The molecule has 0 radical (unpaired) electrons. The Morgan fingerprint density at radius 1 is 1.16 bits per heavy atom. The molecule has 4 rings (SSSR count). The van der Waals surface area contributed by atoms with Gasteiger partial charge in [-0.25, -0.2) is 4.79 Å². The summed E-state index contributed by atoms with van der Waals surface area (Å²) in [5.41, 5.74) is 1.86. The molecule has 3 aromatic rings. The molecule has 8 nitrogen and oxygen atoms in total. The molecule has 0 bridgehead atoms. The van der Waals surface area contributed by atoms with E-state index in [9.17, 15) is 14.4 Å². The lowest BCUT2D eigenvalue weighted by atomic mass is 10.0. The second-order valence-corrected chi connectivity index (χ2v) is 9.26. The fourth-order valence-electron chi connectivity index (χ4n) is 4.96. The third-order valence-electron chi connectivity index (χ3n) is 6.83. The zero-order chi connectivity index (χ0) is 27.4. The minimum atomic E-state index is -0.277. The van der Waals surface area contributed by atoms with Crippen molar-refractivity contribution in [1.29, 1.82) is 0 Å². The number of piperidine rings is 1. The van der Waals surface area contributed by atoms with Crippen LogP contribution in [-0.2, 0) is 0 Å². The number of carbonyl (C=O) groups is 2. The fraction of sp³-hybridized carbons (Fsp3) is 0.267. The molecule has 1 fully saturated rings. The predicted molar refractivity (Wildman–Crippen MR) is 153 cm³/mol. The number of likely N-dealkylation sites (tertiary alicyclic amines) is 1. The second-order valence-electron chi connectivity index (χ2n) is 9.26. The third-order valence-corrected chi connectivity index (χ3v) is 6.83. The van der Waals surface area contributed by atoms with Crippen molar-refractivity contribution in [2.75, 3.05) is 13.1 Å². The van der Waals surface area contributed by atoms with Crippen LogP contribution in [0.4, 0.5) is 0 Å². The van der Waals surface area contributed by atoms with Crippen molar-refractivity contribution in [3.63, 3.8) is 0 Å². The predicted octanol–water partition coefficient (Wildman–Crippen LogP) is 3.57. The standard InChI is InChI=1S/C30H33N5O3/c1-6-8-12-27-21(4)32-30(38)35(27)23-14-16-33(17-15-23)20(3)18-26(31-7-2)29(37)25-19-34(22(5)36)28-13-10-9-11-24(25)28/h6-13,18-19,23H,3-4,14-17H2,1-2,5H3,(H,32,38)/b8-6-,26-18-,27-12+,31-7?. The number of H-pyrrole nitrogens is 1. The van der Waals surface area contributed by atoms with E-state index in [0.717, 1.165) is 18.2 Å². The van der Waals surface area contributed by atoms with E-state index in [0.29, 0.717) is 40.6 Å². The molecular formula is C30H33N5O3. The summed E-state index contributed by atoms with van der Waals surface area (Å²) in [4.78, 5) is 47.6. The number of Topliss-reactive ketones (excluding diaryl/α,β-unsaturated/α-hetero) is 1. The molecular weight excluding hydrogens is 478 g/mol. The first-order valence-electron chi connectivity index (χ1n) is 12.7. The van der Waals surface area contributed by atoms with E-state index in [4.69, 9.17) is 0 Å². The molecule has 0 saturated carbocycles. The highest BCUT2D eigenvalue weighted by atomic mass is 16.2. The highest BCUT2D eigenvalue weighted by Crippen LogP contribution is 2.26. The number of aliphatic imine (C=N–C) groups is 1. The maximum Gasteiger partial charge on any atom is 0.326 e. The Kier molecular flexibility index (Phi) is 7.90. The van der Waals surface area contributed by atoms with Crippen molar-refractivity contribution in [2.45, 2.75) is 39.7 Å². The van der Waals surface area contributed by atoms with Gasteiger partial charge in [0.05, 0.1) is 21.8 Å². The van der Waals surface area contributed by atoms with Gasteiger partial charge in [0.2, 0.25) is 11.7 Å². The van der Waals surface area contributed by atoms with E-state index >= 15 is 0 Å². The normalized spacial score (nSPS) is 15.8. The van der Waals surface area contributed by atoms with Gasteiger partial charge in [-0.3, -0.25) is 23.7 Å². The van der Waals surface area contributed by atoms with Crippen molar-refractivity contribution in [2.24, 2.45) is 4.99 Å². The number of rotatable bonds is 7. The first-order chi connectivity index (χ1) is 18.3. The molecule has 38 heavy (non-hydrogen) atoms. The van der Waals surface area contributed by atoms with Crippen molar-refractivity contribution < 1.29 is 9.59 Å². The number of aromatic nitrogens is 3. The van der Waals surface area contributed by atoms with E-state index in [-0.39, 0.29) is 29.1 Å². The minimum Gasteiger partial charge on any atom is -0.372 e. The molecule has 1 aliphatic rings. The molecule has 0 atom stereocenters. The number of hydrogen-bond donors (Lipinski definition) is 1. The average molecular weight is 512 g/mol. The van der Waals surface area contributed by atoms with Crippen LogP contribution in [0.15, 0.2) is 76.5 Å². The quantitative estimate of drug-likeness (QED) is 0.227. The molecule has 0 unspecified atom stereocenters. The third kappa shape index (κ3) is 5.16. The highest BCUT2D eigenvalue weighted by molar-refractivity contribution is 6.17. The summed E-state index contributed by atoms with van der Waals surface area (Å²) in [6.07, 6.45) is 12.1. The number of ketones is 1. The monoisotopic (exact) mass is 511 g/mol. The number of benzene rings is 1. The molecule has 1 saturated heterocycles. The Morgan fingerprint density at radius 3 is 2.53 bits per heavy atom. The average Bonchev–Trinajstić information content (AvgIpc) is 3.43. The van der Waals surface area contributed by atoms with Gasteiger partial charge in [0.1, 0.15) is 5.70 Å². The van der Waals surface area contributed by atoms with Gasteiger partial charge in [-0.1, -0.05) is 43.5 Å². The Labute approximate surface area is 221 Å². The van der Waals surface area contributed by atoms with Crippen LogP contribution in [0.25, 0.3) is 23.6 Å². The van der Waals surface area contributed by atoms with Gasteiger partial charge in [-0.05, 0) is 44.9 Å². The molecule has 3 heterocycles. The molecule has 2 aromatic heterocycles. The summed E-state index contributed by atoms with van der Waals surface area (Å²) in [6.45, 7) is 14.7. The van der Waals surface area contributed by atoms with E-state index in [1.54, 1.807) is 30.0 Å². The van der Waals surface area contributed by atoms with Crippen LogP contribution in [0.1, 0.15) is 54.8 Å². The van der Waals surface area contributed by atoms with E-state index in [2.05, 4.69) is 28.0 Å². The van der Waals surface area contributed by atoms with E-state index in [1.807, 2.05) is 49.4 Å². The maximum atomic E-state index is 13.6. The lowest BCUT2D eigenvalue weighted by molar-refractivity contribution is 0.0941. The lowest BCUT2D eigenvalue weighted by Gasteiger charge is -2.34. The van der Waals surface area contributed by atoms with Gasteiger partial charge in [0.25, 0.3) is 0 Å². The van der Waals surface area contributed by atoms with Gasteiger partial charge < -0.3 is 9.88 Å². The number of carbonyl (C=O) groups excluding carboxylic acids is 2. The molecule has 1 aliphatic heterocycles. The number of allylic oxidation sites excluding steroid dienone is 4. The number of nitrogens with zero attached hydrogens (tertiary/aromatic N) is 4. The molecule has 0 aliphatic carbocycles. The van der Waals surface area contributed by atoms with Crippen molar-refractivity contribution >= 4 is 41.5 Å². The van der Waals surface area contributed by atoms with Gasteiger partial charge in [-0.2, -0.15) is 0 Å². The Hall–Kier alpha value is -4.46. The summed E-state index contributed by atoms with van der Waals surface area (Å²) >= 11 is 0. The zero-order valence-corrected chi connectivity index (χ0v) is 22.1. The first-order valence-corrected chi connectivity index (χ1v) is 12.7.